The van der Waals surface area contributed by atoms with E-state index in [0.29, 0.717) is 0 Å². The van der Waals surface area contributed by atoms with Crippen LogP contribution in [-0.2, 0) is 0 Å². The van der Waals surface area contributed by atoms with Crippen LogP contribution in [0.2, 0.25) is 0 Å². The maximum absolute atomic E-state index is 6.48. The van der Waals surface area contributed by atoms with E-state index in [-0.39, 0.29) is 5.54 Å². The standard InChI is InChI=1S/C13H28N2/c1-4-5-9-15(3)11-13(14)8-6-7-12(2)10-13/h12H,4-11,14H2,1-3H3. The Balaban J connectivity index is 2.34. The molecule has 0 aromatic carbocycles. The molecule has 1 fully saturated rings. The van der Waals surface area contributed by atoms with Gasteiger partial charge in [-0.25, -0.2) is 0 Å². The van der Waals surface area contributed by atoms with Gasteiger partial charge in [-0.1, -0.05) is 33.1 Å². The summed E-state index contributed by atoms with van der Waals surface area (Å²) in [5, 5.41) is 0. The van der Waals surface area contributed by atoms with Gasteiger partial charge in [0.05, 0.1) is 0 Å². The van der Waals surface area contributed by atoms with E-state index in [1.807, 2.05) is 0 Å². The van der Waals surface area contributed by atoms with Crippen molar-refractivity contribution in [2.45, 2.75) is 57.9 Å². The molecule has 2 unspecified atom stereocenters. The van der Waals surface area contributed by atoms with Crippen LogP contribution < -0.4 is 5.73 Å². The molecular formula is C13H28N2. The van der Waals surface area contributed by atoms with Crippen LogP contribution in [0.3, 0.4) is 0 Å². The highest BCUT2D eigenvalue weighted by Gasteiger charge is 2.31. The molecule has 2 N–H and O–H groups in total. The Morgan fingerprint density at radius 2 is 2.20 bits per heavy atom. The molecule has 0 saturated heterocycles. The highest BCUT2D eigenvalue weighted by molar-refractivity contribution is 4.91. The van der Waals surface area contributed by atoms with Crippen molar-refractivity contribution in [1.82, 2.24) is 4.90 Å². The molecule has 90 valence electrons. The molecule has 0 bridgehead atoms. The predicted octanol–water partition coefficient (Wildman–Crippen LogP) is 2.63. The fourth-order valence-corrected chi connectivity index (χ4v) is 2.89. The molecule has 1 aliphatic rings. The third-order valence-corrected chi connectivity index (χ3v) is 3.60. The van der Waals surface area contributed by atoms with Crippen LogP contribution in [0, 0.1) is 5.92 Å². The van der Waals surface area contributed by atoms with Crippen LogP contribution in [0.25, 0.3) is 0 Å². The minimum absolute atomic E-state index is 0.0974. The summed E-state index contributed by atoms with van der Waals surface area (Å²) in [6.45, 7) is 6.86. The minimum Gasteiger partial charge on any atom is -0.324 e. The summed E-state index contributed by atoms with van der Waals surface area (Å²) < 4.78 is 0. The first-order chi connectivity index (χ1) is 7.06. The molecule has 0 aliphatic heterocycles. The first-order valence-corrected chi connectivity index (χ1v) is 6.53. The van der Waals surface area contributed by atoms with Gasteiger partial charge in [-0.2, -0.15) is 0 Å². The van der Waals surface area contributed by atoms with E-state index in [4.69, 9.17) is 5.73 Å². The van der Waals surface area contributed by atoms with E-state index in [2.05, 4.69) is 25.8 Å². The zero-order chi connectivity index (χ0) is 11.3. The molecular weight excluding hydrogens is 184 g/mol. The van der Waals surface area contributed by atoms with Crippen molar-refractivity contribution in [3.05, 3.63) is 0 Å². The lowest BCUT2D eigenvalue weighted by atomic mass is 9.77. The second-order valence-corrected chi connectivity index (χ2v) is 5.66. The average Bonchev–Trinajstić information content (AvgIpc) is 2.13. The third kappa shape index (κ3) is 4.52. The van der Waals surface area contributed by atoms with Crippen LogP contribution in [-0.4, -0.2) is 30.6 Å². The molecule has 1 rings (SSSR count). The van der Waals surface area contributed by atoms with Gasteiger partial charge in [-0.05, 0) is 38.8 Å². The molecule has 2 nitrogen and oxygen atoms in total. The SMILES string of the molecule is CCCCN(C)CC1(N)CCCC(C)C1. The summed E-state index contributed by atoms with van der Waals surface area (Å²) in [5.41, 5.74) is 6.58. The van der Waals surface area contributed by atoms with Crippen molar-refractivity contribution in [3.8, 4) is 0 Å². The van der Waals surface area contributed by atoms with Gasteiger partial charge in [0.15, 0.2) is 0 Å². The van der Waals surface area contributed by atoms with Crippen LogP contribution >= 0.6 is 0 Å². The van der Waals surface area contributed by atoms with E-state index in [9.17, 15) is 0 Å². The predicted molar refractivity (Wildman–Crippen MR) is 67.0 cm³/mol. The van der Waals surface area contributed by atoms with Crippen LogP contribution in [0.4, 0.5) is 0 Å². The number of rotatable bonds is 5. The molecule has 15 heavy (non-hydrogen) atoms. The Kier molecular flexibility index (Phi) is 5.07. The Labute approximate surface area is 95.2 Å². The molecule has 0 radical (unpaired) electrons. The van der Waals surface area contributed by atoms with Crippen molar-refractivity contribution < 1.29 is 0 Å². The van der Waals surface area contributed by atoms with E-state index in [1.54, 1.807) is 0 Å². The maximum atomic E-state index is 6.48. The molecule has 0 spiro atoms. The van der Waals surface area contributed by atoms with E-state index in [1.165, 1.54) is 45.1 Å². The van der Waals surface area contributed by atoms with E-state index < -0.39 is 0 Å². The number of nitrogens with zero attached hydrogens (tertiary/aromatic N) is 1. The van der Waals surface area contributed by atoms with Gasteiger partial charge >= 0.3 is 0 Å². The Morgan fingerprint density at radius 1 is 1.47 bits per heavy atom. The number of unbranched alkanes of at least 4 members (excludes halogenated alkanes) is 1. The molecule has 0 aromatic rings. The van der Waals surface area contributed by atoms with Crippen molar-refractivity contribution in [1.29, 1.82) is 0 Å². The van der Waals surface area contributed by atoms with Gasteiger partial charge in [0.1, 0.15) is 0 Å². The summed E-state index contributed by atoms with van der Waals surface area (Å²) in [4.78, 5) is 2.42. The maximum Gasteiger partial charge on any atom is 0.0285 e. The fourth-order valence-electron chi connectivity index (χ4n) is 2.89. The quantitative estimate of drug-likeness (QED) is 0.759. The van der Waals surface area contributed by atoms with Crippen LogP contribution in [0.15, 0.2) is 0 Å². The van der Waals surface area contributed by atoms with E-state index in [0.717, 1.165) is 12.5 Å². The van der Waals surface area contributed by atoms with Crippen molar-refractivity contribution >= 4 is 0 Å². The monoisotopic (exact) mass is 212 g/mol. The summed E-state index contributed by atoms with van der Waals surface area (Å²) in [7, 11) is 2.21. The van der Waals surface area contributed by atoms with Crippen LogP contribution in [0.1, 0.15) is 52.4 Å². The zero-order valence-electron chi connectivity index (χ0n) is 10.8. The molecule has 0 amide bonds. The summed E-state index contributed by atoms with van der Waals surface area (Å²) in [6.07, 6.45) is 7.69. The topological polar surface area (TPSA) is 29.3 Å². The number of hydrogen-bond acceptors (Lipinski definition) is 2. The fraction of sp³-hybridized carbons (Fsp3) is 1.00. The normalized spacial score (nSPS) is 32.2. The van der Waals surface area contributed by atoms with Crippen molar-refractivity contribution in [3.63, 3.8) is 0 Å². The second kappa shape index (κ2) is 5.86. The Morgan fingerprint density at radius 3 is 2.80 bits per heavy atom. The van der Waals surface area contributed by atoms with Crippen molar-refractivity contribution in [2.75, 3.05) is 20.1 Å². The summed E-state index contributed by atoms with van der Waals surface area (Å²) >= 11 is 0. The second-order valence-electron chi connectivity index (χ2n) is 5.66. The lowest BCUT2D eigenvalue weighted by Gasteiger charge is -2.39. The van der Waals surface area contributed by atoms with Gasteiger partial charge in [0.2, 0.25) is 0 Å². The Hall–Kier alpha value is -0.0800. The molecule has 1 saturated carbocycles. The Bertz CT molecular complexity index is 181. The van der Waals surface area contributed by atoms with Gasteiger partial charge in [0, 0.05) is 12.1 Å². The van der Waals surface area contributed by atoms with E-state index >= 15 is 0 Å². The number of likely N-dealkylation sites (N-methyl/N-ethyl adjacent to an activating group) is 1. The lowest BCUT2D eigenvalue weighted by molar-refractivity contribution is 0.168. The minimum atomic E-state index is 0.0974. The molecule has 2 atom stereocenters. The summed E-state index contributed by atoms with van der Waals surface area (Å²) in [5.74, 6) is 0.823. The molecule has 0 aromatic heterocycles. The first-order valence-electron chi connectivity index (χ1n) is 6.53. The first kappa shape index (κ1) is 13.0. The van der Waals surface area contributed by atoms with Gasteiger partial charge in [0.25, 0.3) is 0 Å². The zero-order valence-corrected chi connectivity index (χ0v) is 10.8. The lowest BCUT2D eigenvalue weighted by Crippen LogP contribution is -2.52. The van der Waals surface area contributed by atoms with Crippen molar-refractivity contribution in [2.24, 2.45) is 11.7 Å². The highest BCUT2D eigenvalue weighted by atomic mass is 15.1. The summed E-state index contributed by atoms with van der Waals surface area (Å²) in [6, 6.07) is 0. The van der Waals surface area contributed by atoms with Gasteiger partial charge in [-0.3, -0.25) is 0 Å². The molecule has 2 heteroatoms. The van der Waals surface area contributed by atoms with Gasteiger partial charge < -0.3 is 10.6 Å². The number of nitrogens with two attached hydrogens (primary N) is 1. The van der Waals surface area contributed by atoms with Crippen LogP contribution in [0.5, 0.6) is 0 Å². The highest BCUT2D eigenvalue weighted by Crippen LogP contribution is 2.30. The smallest absolute Gasteiger partial charge is 0.0285 e. The van der Waals surface area contributed by atoms with Gasteiger partial charge in [-0.15, -0.1) is 0 Å². The third-order valence-electron chi connectivity index (χ3n) is 3.60. The molecule has 0 heterocycles. The molecule has 1 aliphatic carbocycles. The largest absolute Gasteiger partial charge is 0.324 e. The average molecular weight is 212 g/mol. The number of hydrogen-bond donors (Lipinski definition) is 1.